The predicted molar refractivity (Wildman–Crippen MR) is 115 cm³/mol. The number of rotatable bonds is 4. The van der Waals surface area contributed by atoms with Crippen LogP contribution in [0.15, 0.2) is 18.2 Å². The lowest BCUT2D eigenvalue weighted by atomic mass is 10.0. The summed E-state index contributed by atoms with van der Waals surface area (Å²) in [4.78, 5) is 28.4. The van der Waals surface area contributed by atoms with E-state index in [0.717, 1.165) is 6.26 Å². The van der Waals surface area contributed by atoms with Gasteiger partial charge in [0.05, 0.1) is 17.4 Å². The van der Waals surface area contributed by atoms with Gasteiger partial charge in [-0.25, -0.2) is 17.1 Å². The SMILES string of the molecule is Cc1[nH]c(/C=C2\C(=O)Nc3ccc(F)cc32)c(C)c1C(=O)N[C@H]1CCN(S(C)(=O)=O)C1. The van der Waals surface area contributed by atoms with Gasteiger partial charge in [-0.3, -0.25) is 9.59 Å². The van der Waals surface area contributed by atoms with E-state index >= 15 is 0 Å². The first-order valence-electron chi connectivity index (χ1n) is 9.82. The molecule has 0 aliphatic carbocycles. The zero-order valence-corrected chi connectivity index (χ0v) is 18.2. The lowest BCUT2D eigenvalue weighted by molar-refractivity contribution is -0.110. The summed E-state index contributed by atoms with van der Waals surface area (Å²) in [6, 6.07) is 3.82. The van der Waals surface area contributed by atoms with Crippen molar-refractivity contribution in [1.82, 2.24) is 14.6 Å². The second kappa shape index (κ2) is 7.61. The highest BCUT2D eigenvalue weighted by Gasteiger charge is 2.31. The maximum atomic E-state index is 13.7. The first-order valence-corrected chi connectivity index (χ1v) is 11.7. The van der Waals surface area contributed by atoms with E-state index in [0.29, 0.717) is 52.3 Å². The van der Waals surface area contributed by atoms with Crippen molar-refractivity contribution in [2.75, 3.05) is 24.7 Å². The molecule has 2 aliphatic rings. The van der Waals surface area contributed by atoms with Gasteiger partial charge >= 0.3 is 0 Å². The zero-order chi connectivity index (χ0) is 22.5. The van der Waals surface area contributed by atoms with Crippen molar-refractivity contribution < 1.29 is 22.4 Å². The van der Waals surface area contributed by atoms with Gasteiger partial charge in [0, 0.05) is 41.8 Å². The molecule has 0 radical (unpaired) electrons. The van der Waals surface area contributed by atoms with E-state index in [-0.39, 0.29) is 24.4 Å². The van der Waals surface area contributed by atoms with Gasteiger partial charge in [-0.1, -0.05) is 0 Å². The second-order valence-electron chi connectivity index (χ2n) is 7.95. The molecular weight excluding hydrogens is 423 g/mol. The number of nitrogens with one attached hydrogen (secondary N) is 3. The molecule has 164 valence electrons. The van der Waals surface area contributed by atoms with Gasteiger partial charge in [0.15, 0.2) is 0 Å². The van der Waals surface area contributed by atoms with Crippen LogP contribution in [0.5, 0.6) is 0 Å². The number of carbonyl (C=O) groups excluding carboxylic acids is 2. The Morgan fingerprint density at radius 3 is 2.74 bits per heavy atom. The van der Waals surface area contributed by atoms with Crippen molar-refractivity contribution in [1.29, 1.82) is 0 Å². The fraction of sp³-hybridized carbons (Fsp3) is 0.333. The van der Waals surface area contributed by atoms with E-state index in [2.05, 4.69) is 15.6 Å². The summed E-state index contributed by atoms with van der Waals surface area (Å²) in [5.41, 5.74) is 3.61. The van der Waals surface area contributed by atoms with Crippen molar-refractivity contribution in [3.8, 4) is 0 Å². The summed E-state index contributed by atoms with van der Waals surface area (Å²) in [7, 11) is -3.29. The molecule has 0 unspecified atom stereocenters. The molecule has 2 amide bonds. The third-order valence-corrected chi connectivity index (χ3v) is 6.98. The van der Waals surface area contributed by atoms with E-state index in [1.807, 2.05) is 0 Å². The Kier molecular flexibility index (Phi) is 5.22. The average molecular weight is 447 g/mol. The molecular formula is C21H23FN4O4S. The van der Waals surface area contributed by atoms with Gasteiger partial charge < -0.3 is 15.6 Å². The minimum atomic E-state index is -3.29. The summed E-state index contributed by atoms with van der Waals surface area (Å²) in [5.74, 6) is -1.09. The summed E-state index contributed by atoms with van der Waals surface area (Å²) >= 11 is 0. The number of benzene rings is 1. The van der Waals surface area contributed by atoms with E-state index in [1.165, 1.54) is 22.5 Å². The molecule has 3 N–H and O–H groups in total. The highest BCUT2D eigenvalue weighted by atomic mass is 32.2. The van der Waals surface area contributed by atoms with E-state index in [1.54, 1.807) is 19.9 Å². The van der Waals surface area contributed by atoms with Crippen LogP contribution in [0, 0.1) is 19.7 Å². The van der Waals surface area contributed by atoms with Crippen LogP contribution >= 0.6 is 0 Å². The maximum Gasteiger partial charge on any atom is 0.256 e. The van der Waals surface area contributed by atoms with E-state index in [9.17, 15) is 22.4 Å². The lowest BCUT2D eigenvalue weighted by Crippen LogP contribution is -2.38. The molecule has 8 nitrogen and oxygen atoms in total. The molecule has 1 aromatic heterocycles. The van der Waals surface area contributed by atoms with Crippen molar-refractivity contribution in [3.05, 3.63) is 52.1 Å². The largest absolute Gasteiger partial charge is 0.358 e. The number of hydrogen-bond acceptors (Lipinski definition) is 4. The minimum Gasteiger partial charge on any atom is -0.358 e. The normalized spacial score (nSPS) is 20.2. The Hall–Kier alpha value is -2.98. The summed E-state index contributed by atoms with van der Waals surface area (Å²) in [5, 5.41) is 5.61. The highest BCUT2D eigenvalue weighted by Crippen LogP contribution is 2.34. The Balaban J connectivity index is 1.59. The number of carbonyl (C=O) groups is 2. The number of aromatic amines is 1. The summed E-state index contributed by atoms with van der Waals surface area (Å²) in [6.45, 7) is 4.13. The molecule has 2 aliphatic heterocycles. The molecule has 3 heterocycles. The lowest BCUT2D eigenvalue weighted by Gasteiger charge is -2.15. The Labute approximate surface area is 179 Å². The van der Waals surface area contributed by atoms with Gasteiger partial charge in [0.25, 0.3) is 11.8 Å². The minimum absolute atomic E-state index is 0.243. The second-order valence-corrected chi connectivity index (χ2v) is 9.93. The number of aromatic nitrogens is 1. The topological polar surface area (TPSA) is 111 Å². The summed E-state index contributed by atoms with van der Waals surface area (Å²) < 4.78 is 38.4. The number of nitrogens with zero attached hydrogens (tertiary/aromatic N) is 1. The van der Waals surface area contributed by atoms with Crippen LogP contribution in [-0.2, 0) is 14.8 Å². The molecule has 0 saturated carbocycles. The van der Waals surface area contributed by atoms with Crippen molar-refractivity contribution in [2.24, 2.45) is 0 Å². The number of fused-ring (bicyclic) bond motifs is 1. The standard InChI is InChI=1S/C21H23FN4O4S/c1-11-18(9-16-15-8-13(22)4-5-17(15)25-20(16)27)23-12(2)19(11)21(28)24-14-6-7-26(10-14)31(3,29)30/h4-5,8-9,14,23H,6-7,10H2,1-3H3,(H,24,28)(H,25,27)/b16-9-/t14-/m0/s1. The predicted octanol–water partition coefficient (Wildman–Crippen LogP) is 2.03. The number of anilines is 1. The van der Waals surface area contributed by atoms with Gasteiger partial charge in [0.1, 0.15) is 5.82 Å². The molecule has 0 bridgehead atoms. The van der Waals surface area contributed by atoms with Crippen LogP contribution in [0.25, 0.3) is 11.6 Å². The molecule has 2 aromatic rings. The molecule has 1 fully saturated rings. The van der Waals surface area contributed by atoms with Crippen LogP contribution in [0.2, 0.25) is 0 Å². The number of H-pyrrole nitrogens is 1. The maximum absolute atomic E-state index is 13.7. The van der Waals surface area contributed by atoms with E-state index < -0.39 is 15.8 Å². The summed E-state index contributed by atoms with van der Waals surface area (Å²) in [6.07, 6.45) is 3.31. The Bertz CT molecular complexity index is 1230. The number of amides is 2. The average Bonchev–Trinajstić information content (AvgIpc) is 3.33. The Morgan fingerprint density at radius 2 is 2.06 bits per heavy atom. The van der Waals surface area contributed by atoms with Crippen molar-refractivity contribution in [2.45, 2.75) is 26.3 Å². The van der Waals surface area contributed by atoms with Gasteiger partial charge in [-0.05, 0) is 50.1 Å². The van der Waals surface area contributed by atoms with Crippen LogP contribution in [0.4, 0.5) is 10.1 Å². The fourth-order valence-corrected chi connectivity index (χ4v) is 5.00. The fourth-order valence-electron chi connectivity index (χ4n) is 4.11. The molecule has 0 spiro atoms. The Morgan fingerprint density at radius 1 is 1.32 bits per heavy atom. The molecule has 31 heavy (non-hydrogen) atoms. The number of sulfonamides is 1. The van der Waals surface area contributed by atoms with Crippen molar-refractivity contribution >= 4 is 39.2 Å². The van der Waals surface area contributed by atoms with Crippen molar-refractivity contribution in [3.63, 3.8) is 0 Å². The number of aryl methyl sites for hydroxylation is 1. The first-order chi connectivity index (χ1) is 14.5. The third-order valence-electron chi connectivity index (χ3n) is 5.71. The number of hydrogen-bond donors (Lipinski definition) is 3. The first kappa shape index (κ1) is 21.3. The van der Waals surface area contributed by atoms with Gasteiger partial charge in [-0.2, -0.15) is 0 Å². The van der Waals surface area contributed by atoms with Gasteiger partial charge in [0.2, 0.25) is 10.0 Å². The molecule has 4 rings (SSSR count). The van der Waals surface area contributed by atoms with Crippen LogP contribution in [-0.4, -0.2) is 54.9 Å². The van der Waals surface area contributed by atoms with Gasteiger partial charge in [-0.15, -0.1) is 0 Å². The third kappa shape index (κ3) is 4.00. The van der Waals surface area contributed by atoms with Crippen LogP contribution < -0.4 is 10.6 Å². The van der Waals surface area contributed by atoms with Crippen LogP contribution in [0.3, 0.4) is 0 Å². The highest BCUT2D eigenvalue weighted by molar-refractivity contribution is 7.88. The molecule has 1 saturated heterocycles. The smallest absolute Gasteiger partial charge is 0.256 e. The van der Waals surface area contributed by atoms with E-state index in [4.69, 9.17) is 0 Å². The molecule has 1 aromatic carbocycles. The molecule has 1 atom stereocenters. The van der Waals surface area contributed by atoms with Crippen LogP contribution in [0.1, 0.15) is 39.3 Å². The number of halogens is 1. The monoisotopic (exact) mass is 446 g/mol. The zero-order valence-electron chi connectivity index (χ0n) is 17.4. The quantitative estimate of drug-likeness (QED) is 0.624. The molecule has 10 heteroatoms.